The molecule has 3 aromatic rings. The maximum atomic E-state index is 11.1. The fraction of sp³-hybridized carbons (Fsp3) is 0.200. The molecular formula is C25H22N2O3. The minimum absolute atomic E-state index is 0.0628. The molecule has 0 N–H and O–H groups in total. The van der Waals surface area contributed by atoms with Gasteiger partial charge >= 0.3 is 0 Å². The van der Waals surface area contributed by atoms with Crippen LogP contribution in [0.25, 0.3) is 17.2 Å². The van der Waals surface area contributed by atoms with Crippen molar-refractivity contribution in [3.05, 3.63) is 94.0 Å². The first-order valence-corrected chi connectivity index (χ1v) is 9.94. The first-order chi connectivity index (χ1) is 14.3. The van der Waals surface area contributed by atoms with Crippen molar-refractivity contribution in [3.63, 3.8) is 0 Å². The standard InChI is InChI=1S/C25H22N2O3/c1-24(2)21-16-18(17-7-5-4-6-8-17)9-11-22(21)26(3)25(24)14-13-19-15-20(27(28)29)10-12-23(19)30-25/h4-16H,1-3H3. The third kappa shape index (κ3) is 2.41. The molecule has 0 aliphatic carbocycles. The van der Waals surface area contributed by atoms with Crippen molar-refractivity contribution in [1.29, 1.82) is 0 Å². The Morgan fingerprint density at radius 2 is 1.73 bits per heavy atom. The zero-order chi connectivity index (χ0) is 21.1. The predicted molar refractivity (Wildman–Crippen MR) is 119 cm³/mol. The van der Waals surface area contributed by atoms with Gasteiger partial charge in [0.05, 0.1) is 10.3 Å². The van der Waals surface area contributed by atoms with Crippen molar-refractivity contribution < 1.29 is 9.66 Å². The molecule has 5 nitrogen and oxygen atoms in total. The molecule has 0 saturated heterocycles. The van der Waals surface area contributed by atoms with Crippen LogP contribution in [0.15, 0.2) is 72.8 Å². The number of benzene rings is 3. The van der Waals surface area contributed by atoms with E-state index < -0.39 is 5.72 Å². The van der Waals surface area contributed by atoms with E-state index in [-0.39, 0.29) is 16.0 Å². The fourth-order valence-corrected chi connectivity index (χ4v) is 4.72. The van der Waals surface area contributed by atoms with Crippen LogP contribution in [0, 0.1) is 10.1 Å². The van der Waals surface area contributed by atoms with E-state index >= 15 is 0 Å². The lowest BCUT2D eigenvalue weighted by molar-refractivity contribution is -0.384. The van der Waals surface area contributed by atoms with Crippen molar-refractivity contribution in [3.8, 4) is 16.9 Å². The number of hydrogen-bond donors (Lipinski definition) is 0. The molecule has 30 heavy (non-hydrogen) atoms. The number of nitro groups is 1. The quantitative estimate of drug-likeness (QED) is 0.405. The number of likely N-dealkylation sites (N-methyl/N-ethyl adjacent to an activating group) is 1. The Bertz CT molecular complexity index is 1200. The van der Waals surface area contributed by atoms with Crippen molar-refractivity contribution in [2.75, 3.05) is 11.9 Å². The van der Waals surface area contributed by atoms with E-state index in [0.29, 0.717) is 5.75 Å². The molecule has 1 unspecified atom stereocenters. The maximum absolute atomic E-state index is 11.1. The summed E-state index contributed by atoms with van der Waals surface area (Å²) in [5, 5.41) is 11.1. The fourth-order valence-electron chi connectivity index (χ4n) is 4.72. The number of hydrogen-bond acceptors (Lipinski definition) is 4. The van der Waals surface area contributed by atoms with Crippen molar-refractivity contribution in [1.82, 2.24) is 0 Å². The highest BCUT2D eigenvalue weighted by atomic mass is 16.6. The molecule has 0 fully saturated rings. The summed E-state index contributed by atoms with van der Waals surface area (Å²) < 4.78 is 6.59. The monoisotopic (exact) mass is 398 g/mol. The van der Waals surface area contributed by atoms with Gasteiger partial charge in [0.15, 0.2) is 0 Å². The summed E-state index contributed by atoms with van der Waals surface area (Å²) in [6.07, 6.45) is 3.97. The summed E-state index contributed by atoms with van der Waals surface area (Å²) in [4.78, 5) is 12.9. The summed E-state index contributed by atoms with van der Waals surface area (Å²) >= 11 is 0. The van der Waals surface area contributed by atoms with Crippen LogP contribution in [0.2, 0.25) is 0 Å². The van der Waals surface area contributed by atoms with Crippen molar-refractivity contribution in [2.45, 2.75) is 25.0 Å². The van der Waals surface area contributed by atoms with Gasteiger partial charge in [0, 0.05) is 30.4 Å². The summed E-state index contributed by atoms with van der Waals surface area (Å²) in [5.74, 6) is 0.652. The molecule has 2 aliphatic rings. The molecule has 0 amide bonds. The summed E-state index contributed by atoms with van der Waals surface area (Å²) in [6, 6.07) is 21.6. The normalized spacial score (nSPS) is 20.6. The average molecular weight is 398 g/mol. The van der Waals surface area contributed by atoms with E-state index in [1.165, 1.54) is 22.8 Å². The molecule has 0 saturated carbocycles. The highest BCUT2D eigenvalue weighted by Crippen LogP contribution is 2.55. The topological polar surface area (TPSA) is 55.6 Å². The predicted octanol–water partition coefficient (Wildman–Crippen LogP) is 5.79. The molecule has 1 atom stereocenters. The van der Waals surface area contributed by atoms with E-state index in [9.17, 15) is 10.1 Å². The Labute approximate surface area is 175 Å². The van der Waals surface area contributed by atoms with Gasteiger partial charge in [0.1, 0.15) is 5.75 Å². The largest absolute Gasteiger partial charge is 0.463 e. The molecular weight excluding hydrogens is 376 g/mol. The molecule has 0 radical (unpaired) electrons. The van der Waals surface area contributed by atoms with Gasteiger partial charge in [0.25, 0.3) is 5.69 Å². The van der Waals surface area contributed by atoms with Gasteiger partial charge in [-0.05, 0) is 60.9 Å². The van der Waals surface area contributed by atoms with Gasteiger partial charge < -0.3 is 9.64 Å². The molecule has 0 bridgehead atoms. The SMILES string of the molecule is CN1c2ccc(-c3ccccc3)cc2C(C)(C)C12C=Cc1cc([N+](=O)[O-])ccc1O2. The van der Waals surface area contributed by atoms with Crippen LogP contribution in [0.3, 0.4) is 0 Å². The lowest BCUT2D eigenvalue weighted by atomic mass is 9.76. The van der Waals surface area contributed by atoms with Gasteiger partial charge in [-0.1, -0.05) is 36.4 Å². The minimum Gasteiger partial charge on any atom is -0.463 e. The van der Waals surface area contributed by atoms with Gasteiger partial charge in [0.2, 0.25) is 5.72 Å². The van der Waals surface area contributed by atoms with Crippen LogP contribution in [0.5, 0.6) is 5.75 Å². The van der Waals surface area contributed by atoms with E-state index in [4.69, 9.17) is 4.74 Å². The number of non-ortho nitro benzene ring substituents is 1. The summed E-state index contributed by atoms with van der Waals surface area (Å²) in [6.45, 7) is 4.37. The third-order valence-corrected chi connectivity index (χ3v) is 6.49. The highest BCUT2D eigenvalue weighted by Gasteiger charge is 2.57. The Hall–Kier alpha value is -3.60. The Balaban J connectivity index is 1.60. The van der Waals surface area contributed by atoms with Crippen LogP contribution < -0.4 is 9.64 Å². The molecule has 5 heteroatoms. The zero-order valence-corrected chi connectivity index (χ0v) is 17.1. The zero-order valence-electron chi connectivity index (χ0n) is 17.1. The van der Waals surface area contributed by atoms with Crippen LogP contribution >= 0.6 is 0 Å². The van der Waals surface area contributed by atoms with Gasteiger partial charge in [-0.15, -0.1) is 0 Å². The summed E-state index contributed by atoms with van der Waals surface area (Å²) in [5.41, 5.74) is 4.40. The number of nitro benzene ring substituents is 1. The Morgan fingerprint density at radius 3 is 2.47 bits per heavy atom. The third-order valence-electron chi connectivity index (χ3n) is 6.49. The van der Waals surface area contributed by atoms with Crippen molar-refractivity contribution in [2.24, 2.45) is 0 Å². The van der Waals surface area contributed by atoms with Crippen LogP contribution in [0.4, 0.5) is 11.4 Å². The second-order valence-electron chi connectivity index (χ2n) is 8.39. The Kier molecular flexibility index (Phi) is 3.81. The second-order valence-corrected chi connectivity index (χ2v) is 8.39. The second kappa shape index (κ2) is 6.20. The van der Waals surface area contributed by atoms with E-state index in [2.05, 4.69) is 49.1 Å². The van der Waals surface area contributed by atoms with Crippen molar-refractivity contribution >= 4 is 17.5 Å². The lowest BCUT2D eigenvalue weighted by Crippen LogP contribution is -2.58. The van der Waals surface area contributed by atoms with Crippen LogP contribution in [-0.2, 0) is 5.41 Å². The first kappa shape index (κ1) is 18.4. The number of ether oxygens (including phenoxy) is 1. The summed E-state index contributed by atoms with van der Waals surface area (Å²) in [7, 11) is 2.04. The molecule has 2 heterocycles. The van der Waals surface area contributed by atoms with Gasteiger partial charge in [-0.25, -0.2) is 0 Å². The number of rotatable bonds is 2. The van der Waals surface area contributed by atoms with Gasteiger partial charge in [-0.2, -0.15) is 0 Å². The number of nitrogens with zero attached hydrogens (tertiary/aromatic N) is 2. The molecule has 2 aliphatic heterocycles. The maximum Gasteiger partial charge on any atom is 0.270 e. The van der Waals surface area contributed by atoms with Crippen LogP contribution in [-0.4, -0.2) is 17.7 Å². The minimum atomic E-state index is -0.715. The molecule has 1 spiro atoms. The molecule has 3 aromatic carbocycles. The average Bonchev–Trinajstić information content (AvgIpc) is 2.92. The molecule has 150 valence electrons. The molecule has 5 rings (SSSR count). The van der Waals surface area contributed by atoms with E-state index in [0.717, 1.165) is 11.3 Å². The highest BCUT2D eigenvalue weighted by molar-refractivity contribution is 5.77. The Morgan fingerprint density at radius 1 is 0.967 bits per heavy atom. The van der Waals surface area contributed by atoms with E-state index in [1.54, 1.807) is 12.1 Å². The van der Waals surface area contributed by atoms with E-state index in [1.807, 2.05) is 37.4 Å². The lowest BCUT2D eigenvalue weighted by Gasteiger charge is -2.45. The number of fused-ring (bicyclic) bond motifs is 2. The van der Waals surface area contributed by atoms with Crippen LogP contribution in [0.1, 0.15) is 25.0 Å². The number of anilines is 1. The first-order valence-electron chi connectivity index (χ1n) is 9.94. The smallest absolute Gasteiger partial charge is 0.270 e. The van der Waals surface area contributed by atoms with Gasteiger partial charge in [-0.3, -0.25) is 10.1 Å². The molecule has 0 aromatic heterocycles.